The molecule has 12 rings (SSSR count). The van der Waals surface area contributed by atoms with Crippen LogP contribution < -0.4 is 9.80 Å². The van der Waals surface area contributed by atoms with Gasteiger partial charge in [-0.25, -0.2) is 0 Å². The van der Waals surface area contributed by atoms with Gasteiger partial charge in [-0.15, -0.1) is 0 Å². The number of hydrogen-bond acceptors (Lipinski definition) is 1. The molecule has 2 aromatic heterocycles. The van der Waals surface area contributed by atoms with Crippen molar-refractivity contribution >= 4 is 77.7 Å². The number of aromatic nitrogens is 2. The second-order valence-electron chi connectivity index (χ2n) is 16.4. The number of nitrogens with zero attached hydrogens (tertiary/aromatic N) is 3. The van der Waals surface area contributed by atoms with Gasteiger partial charge in [-0.1, -0.05) is 121 Å². The molecule has 0 aliphatic carbocycles. The van der Waals surface area contributed by atoms with Crippen LogP contribution in [0.1, 0.15) is 0 Å². The van der Waals surface area contributed by atoms with Crippen molar-refractivity contribution in [1.82, 2.24) is 13.6 Å². The van der Waals surface area contributed by atoms with E-state index in [4.69, 9.17) is 0 Å². The number of rotatable bonds is 9. The molecule has 64 heavy (non-hydrogen) atoms. The number of anilines is 2. The summed E-state index contributed by atoms with van der Waals surface area (Å²) in [6, 6.07) is 92.1. The van der Waals surface area contributed by atoms with Gasteiger partial charge in [-0.3, -0.25) is 0 Å². The average Bonchev–Trinajstić information content (AvgIpc) is 3.88. The van der Waals surface area contributed by atoms with Gasteiger partial charge in [0.1, 0.15) is 22.7 Å². The summed E-state index contributed by atoms with van der Waals surface area (Å²) in [5.74, 6) is 0. The van der Waals surface area contributed by atoms with Crippen LogP contribution in [0.25, 0.3) is 66.1 Å². The Morgan fingerprint density at radius 1 is 0.266 bits per heavy atom. The first-order valence-electron chi connectivity index (χ1n) is 21.9. The summed E-state index contributed by atoms with van der Waals surface area (Å²) < 4.78 is 5.15. The summed E-state index contributed by atoms with van der Waals surface area (Å²) in [6.07, 6.45) is 0. The van der Waals surface area contributed by atoms with Gasteiger partial charge in [0.2, 0.25) is 0 Å². The molecule has 1 N–H and O–H groups in total. The summed E-state index contributed by atoms with van der Waals surface area (Å²) in [4.78, 5) is 0. The van der Waals surface area contributed by atoms with Crippen molar-refractivity contribution in [2.45, 2.75) is 0 Å². The van der Waals surface area contributed by atoms with Crippen molar-refractivity contribution in [1.29, 1.82) is 0 Å². The van der Waals surface area contributed by atoms with Crippen molar-refractivity contribution in [2.75, 3.05) is 5.32 Å². The quantitative estimate of drug-likeness (QED) is 0.144. The summed E-state index contributed by atoms with van der Waals surface area (Å²) in [5.41, 5.74) is 16.1. The van der Waals surface area contributed by atoms with E-state index < -0.39 is 0 Å². The fraction of sp³-hybridized carbons (Fsp3) is 0. The fourth-order valence-corrected chi connectivity index (χ4v) is 9.92. The Hall–Kier alpha value is -8.44. The van der Waals surface area contributed by atoms with Gasteiger partial charge in [-0.2, -0.15) is 4.48 Å². The predicted octanol–water partition coefficient (Wildman–Crippen LogP) is 16.6. The molecule has 0 aliphatic rings. The lowest BCUT2D eigenvalue weighted by molar-refractivity contribution is 0.705. The molecule has 0 aliphatic heterocycles. The van der Waals surface area contributed by atoms with E-state index in [0.29, 0.717) is 4.48 Å². The van der Waals surface area contributed by atoms with Crippen LogP contribution in [0, 0.1) is 0 Å². The van der Waals surface area contributed by atoms with Gasteiger partial charge in [0.05, 0.1) is 22.1 Å². The van der Waals surface area contributed by atoms with E-state index in [-0.39, 0.29) is 0 Å². The van der Waals surface area contributed by atoms with Gasteiger partial charge in [0.15, 0.2) is 0 Å². The van der Waals surface area contributed by atoms with E-state index in [2.05, 4.69) is 269 Å². The highest BCUT2D eigenvalue weighted by Gasteiger charge is 2.39. The van der Waals surface area contributed by atoms with E-state index in [1.165, 1.54) is 43.6 Å². The minimum atomic E-state index is 0.417. The molecule has 0 bridgehead atoms. The zero-order valence-electron chi connectivity index (χ0n) is 35.1. The van der Waals surface area contributed by atoms with Crippen LogP contribution in [0.15, 0.2) is 255 Å². The van der Waals surface area contributed by atoms with Gasteiger partial charge in [0.25, 0.3) is 0 Å². The van der Waals surface area contributed by atoms with Crippen LogP contribution in [0.2, 0.25) is 0 Å². The smallest absolute Gasteiger partial charge is 0.148 e. The molecule has 0 amide bonds. The molecule has 12 aromatic rings. The predicted molar refractivity (Wildman–Crippen MR) is 270 cm³/mol. The number of fused-ring (bicyclic) bond motifs is 6. The maximum absolute atomic E-state index is 3.69. The fourth-order valence-electron chi connectivity index (χ4n) is 9.92. The molecule has 0 fully saturated rings. The first kappa shape index (κ1) is 37.3. The molecular weight excluding hydrogens is 777 g/mol. The Bertz CT molecular complexity index is 3550. The standard InChI is InChI=1S/C60H43N4/c1-5-17-47(18-6-1)62-57-27-15-13-25-53(57)55-41-46(35-39-59(55)62)61-45-33-29-43(30-34-45)44-31-36-51(37-32-44)64(49-21-9-3-10-22-49,50-23-11-4-12-24-50)52-38-40-60-56(42-52)54-26-14-16-28-58(54)63(60)48-19-7-2-8-20-48/h1-42,61H/q+1. The molecule has 2 heterocycles. The minimum Gasteiger partial charge on any atom is -0.356 e. The number of quaternary nitrogens is 1. The Morgan fingerprint density at radius 3 is 1.17 bits per heavy atom. The van der Waals surface area contributed by atoms with Crippen molar-refractivity contribution in [3.05, 3.63) is 255 Å². The van der Waals surface area contributed by atoms with Gasteiger partial charge >= 0.3 is 0 Å². The Kier molecular flexibility index (Phi) is 9.03. The molecule has 4 nitrogen and oxygen atoms in total. The highest BCUT2D eigenvalue weighted by atomic mass is 15.4. The largest absolute Gasteiger partial charge is 0.356 e. The number of para-hydroxylation sites is 6. The van der Waals surface area contributed by atoms with E-state index in [9.17, 15) is 0 Å². The topological polar surface area (TPSA) is 21.9 Å². The molecule has 0 unspecified atom stereocenters. The van der Waals surface area contributed by atoms with E-state index in [1.54, 1.807) is 0 Å². The van der Waals surface area contributed by atoms with E-state index >= 15 is 0 Å². The summed E-state index contributed by atoms with van der Waals surface area (Å²) in [7, 11) is 0. The molecule has 0 saturated carbocycles. The summed E-state index contributed by atoms with van der Waals surface area (Å²) >= 11 is 0. The normalized spacial score (nSPS) is 11.8. The Morgan fingerprint density at radius 2 is 0.641 bits per heavy atom. The Balaban J connectivity index is 0.922. The summed E-state index contributed by atoms with van der Waals surface area (Å²) in [5, 5.41) is 8.60. The van der Waals surface area contributed by atoms with Gasteiger partial charge < -0.3 is 14.5 Å². The number of nitrogens with one attached hydrogen (secondary N) is 1. The SMILES string of the molecule is c1ccc(-n2c3ccccc3c3cc(Nc4ccc(-c5ccc([N+](c6ccccc6)(c6ccccc6)c6ccc7c(c6)c6ccccc6n7-c6ccccc6)cc5)cc4)ccc32)cc1. The molecule has 302 valence electrons. The van der Waals surface area contributed by atoms with Crippen molar-refractivity contribution in [3.63, 3.8) is 0 Å². The van der Waals surface area contributed by atoms with E-state index in [1.807, 2.05) is 0 Å². The first-order valence-corrected chi connectivity index (χ1v) is 21.9. The monoisotopic (exact) mass is 819 g/mol. The van der Waals surface area contributed by atoms with E-state index in [0.717, 1.165) is 56.6 Å². The lowest BCUT2D eigenvalue weighted by atomic mass is 10.0. The molecule has 10 aromatic carbocycles. The lowest BCUT2D eigenvalue weighted by Crippen LogP contribution is -2.33. The maximum atomic E-state index is 3.69. The van der Waals surface area contributed by atoms with Gasteiger partial charge in [-0.05, 0) is 96.1 Å². The van der Waals surface area contributed by atoms with Crippen molar-refractivity contribution in [2.24, 2.45) is 0 Å². The van der Waals surface area contributed by atoms with Crippen LogP contribution in [-0.2, 0) is 0 Å². The van der Waals surface area contributed by atoms with Crippen molar-refractivity contribution < 1.29 is 0 Å². The minimum absolute atomic E-state index is 0.417. The molecule has 4 heteroatoms. The van der Waals surface area contributed by atoms with Crippen LogP contribution in [0.5, 0.6) is 0 Å². The number of benzene rings is 10. The summed E-state index contributed by atoms with van der Waals surface area (Å²) in [6.45, 7) is 0. The maximum Gasteiger partial charge on any atom is 0.148 e. The van der Waals surface area contributed by atoms with Crippen LogP contribution in [-0.4, -0.2) is 9.13 Å². The van der Waals surface area contributed by atoms with Crippen LogP contribution >= 0.6 is 0 Å². The second kappa shape index (κ2) is 15.5. The average molecular weight is 820 g/mol. The molecule has 0 saturated heterocycles. The highest BCUT2D eigenvalue weighted by molar-refractivity contribution is 6.11. The molecule has 0 spiro atoms. The first-order chi connectivity index (χ1) is 31.7. The zero-order valence-corrected chi connectivity index (χ0v) is 35.1. The second-order valence-corrected chi connectivity index (χ2v) is 16.4. The lowest BCUT2D eigenvalue weighted by Gasteiger charge is -2.37. The number of hydrogen-bond donors (Lipinski definition) is 1. The highest BCUT2D eigenvalue weighted by Crippen LogP contribution is 2.53. The third-order valence-corrected chi connectivity index (χ3v) is 12.8. The third kappa shape index (κ3) is 6.11. The Labute approximate surface area is 372 Å². The van der Waals surface area contributed by atoms with Crippen molar-refractivity contribution in [3.8, 4) is 22.5 Å². The third-order valence-electron chi connectivity index (χ3n) is 12.8. The molecule has 0 radical (unpaired) electrons. The molecule has 0 atom stereocenters. The van der Waals surface area contributed by atoms with Crippen LogP contribution in [0.4, 0.5) is 34.1 Å². The van der Waals surface area contributed by atoms with Gasteiger partial charge in [0, 0.05) is 92.8 Å². The molecular formula is C60H43N4+. The zero-order chi connectivity index (χ0) is 42.5. The van der Waals surface area contributed by atoms with Crippen LogP contribution in [0.3, 0.4) is 0 Å².